The Morgan fingerprint density at radius 3 is 2.82 bits per heavy atom. The van der Waals surface area contributed by atoms with E-state index in [0.717, 1.165) is 37.1 Å². The molecule has 1 aromatic rings. The zero-order valence-electron chi connectivity index (χ0n) is 20.3. The van der Waals surface area contributed by atoms with Crippen LogP contribution in [0.1, 0.15) is 60.8 Å². The summed E-state index contributed by atoms with van der Waals surface area (Å²) in [5.74, 6) is -0.638. The molecule has 1 N–H and O–H groups in total. The van der Waals surface area contributed by atoms with Crippen LogP contribution in [0.25, 0.3) is 0 Å². The molecule has 3 aliphatic rings. The highest BCUT2D eigenvalue weighted by Gasteiger charge is 2.39. The first-order chi connectivity index (χ1) is 16.5. The number of hydrogen-bond donors (Lipinski definition) is 1. The average molecular weight is 477 g/mol. The van der Waals surface area contributed by atoms with Crippen molar-refractivity contribution >= 4 is 18.0 Å². The molecule has 3 aliphatic heterocycles. The zero-order chi connectivity index (χ0) is 24.1. The first-order valence-corrected chi connectivity index (χ1v) is 12.4. The zero-order valence-corrected chi connectivity index (χ0v) is 20.3. The summed E-state index contributed by atoms with van der Waals surface area (Å²) in [5, 5.41) is 7.88. The van der Waals surface area contributed by atoms with Gasteiger partial charge < -0.3 is 24.4 Å². The Morgan fingerprint density at radius 2 is 2.09 bits per heavy atom. The largest absolute Gasteiger partial charge is 0.465 e. The Bertz CT molecular complexity index is 908. The smallest absolute Gasteiger partial charge is 0.409 e. The Labute approximate surface area is 200 Å². The predicted molar refractivity (Wildman–Crippen MR) is 122 cm³/mol. The number of hydrogen-bond acceptors (Lipinski definition) is 7. The summed E-state index contributed by atoms with van der Waals surface area (Å²) in [6, 6.07) is 0. The maximum Gasteiger partial charge on any atom is 0.409 e. The molecule has 10 nitrogen and oxygen atoms in total. The number of fused-ring (bicyclic) bond motifs is 1. The summed E-state index contributed by atoms with van der Waals surface area (Å²) in [4.78, 5) is 38.8. The first kappa shape index (κ1) is 24.5. The summed E-state index contributed by atoms with van der Waals surface area (Å²) in [5.41, 5.74) is 2.52. The molecule has 0 saturated carbocycles. The molecule has 0 radical (unpaired) electrons. The molecule has 0 bridgehead atoms. The van der Waals surface area contributed by atoms with Crippen molar-refractivity contribution in [3.63, 3.8) is 0 Å². The van der Waals surface area contributed by atoms with Crippen LogP contribution >= 0.6 is 0 Å². The molecule has 188 valence electrons. The molecule has 2 amide bonds. The second-order valence-corrected chi connectivity index (χ2v) is 9.59. The van der Waals surface area contributed by atoms with Crippen LogP contribution in [-0.4, -0.2) is 79.2 Å². The minimum Gasteiger partial charge on any atom is -0.465 e. The van der Waals surface area contributed by atoms with Crippen molar-refractivity contribution in [2.24, 2.45) is 11.3 Å². The van der Waals surface area contributed by atoms with E-state index in [1.54, 1.807) is 4.90 Å². The molecule has 1 unspecified atom stereocenters. The number of amides is 2. The van der Waals surface area contributed by atoms with Gasteiger partial charge in [-0.15, -0.1) is 0 Å². The summed E-state index contributed by atoms with van der Waals surface area (Å²) in [7, 11) is 1.34. The molecule has 1 atom stereocenters. The molecule has 0 aliphatic carbocycles. The summed E-state index contributed by atoms with van der Waals surface area (Å²) < 4.78 is 17.8. The summed E-state index contributed by atoms with van der Waals surface area (Å²) in [6.07, 6.45) is 4.98. The number of ether oxygens (including phenoxy) is 3. The van der Waals surface area contributed by atoms with Crippen molar-refractivity contribution in [3.8, 4) is 0 Å². The van der Waals surface area contributed by atoms with Crippen molar-refractivity contribution < 1.29 is 28.6 Å². The van der Waals surface area contributed by atoms with Crippen molar-refractivity contribution in [1.82, 2.24) is 20.0 Å². The number of nitrogens with zero attached hydrogens (tertiary/aromatic N) is 3. The molecular weight excluding hydrogens is 440 g/mol. The van der Waals surface area contributed by atoms with Gasteiger partial charge in [0, 0.05) is 45.8 Å². The predicted octanol–water partition coefficient (Wildman–Crippen LogP) is 1.94. The summed E-state index contributed by atoms with van der Waals surface area (Å²) >= 11 is 0. The number of carbonyl (C=O) groups is 3. The highest BCUT2D eigenvalue weighted by atomic mass is 16.5. The minimum absolute atomic E-state index is 0.000907. The van der Waals surface area contributed by atoms with E-state index in [1.807, 2.05) is 11.6 Å². The molecule has 1 aromatic heterocycles. The molecule has 2 saturated heterocycles. The fourth-order valence-electron chi connectivity index (χ4n) is 5.33. The van der Waals surface area contributed by atoms with Crippen LogP contribution in [0.5, 0.6) is 0 Å². The molecular formula is C24H36N4O6. The van der Waals surface area contributed by atoms with Gasteiger partial charge in [0.15, 0.2) is 0 Å². The van der Waals surface area contributed by atoms with Crippen molar-refractivity contribution in [1.29, 1.82) is 0 Å². The van der Waals surface area contributed by atoms with Gasteiger partial charge in [-0.1, -0.05) is 6.92 Å². The van der Waals surface area contributed by atoms with Gasteiger partial charge in [0.1, 0.15) is 0 Å². The highest BCUT2D eigenvalue weighted by molar-refractivity contribution is 5.97. The van der Waals surface area contributed by atoms with E-state index >= 15 is 0 Å². The van der Waals surface area contributed by atoms with Crippen LogP contribution in [0.4, 0.5) is 4.79 Å². The number of carbonyl (C=O) groups excluding carboxylic acids is 3. The van der Waals surface area contributed by atoms with Crippen molar-refractivity contribution in [3.05, 3.63) is 17.0 Å². The Balaban J connectivity index is 1.37. The second kappa shape index (κ2) is 10.8. The minimum atomic E-state index is -0.407. The number of likely N-dealkylation sites (tertiary alicyclic amines) is 1. The van der Waals surface area contributed by atoms with E-state index in [4.69, 9.17) is 19.3 Å². The maximum atomic E-state index is 12.9. The van der Waals surface area contributed by atoms with Gasteiger partial charge in [-0.2, -0.15) is 5.10 Å². The average Bonchev–Trinajstić information content (AvgIpc) is 3.15. The summed E-state index contributed by atoms with van der Waals surface area (Å²) in [6.45, 7) is 5.88. The Morgan fingerprint density at radius 1 is 1.29 bits per heavy atom. The fraction of sp³-hybridized carbons (Fsp3) is 0.750. The van der Waals surface area contributed by atoms with E-state index in [-0.39, 0.29) is 29.8 Å². The third kappa shape index (κ3) is 5.21. The topological polar surface area (TPSA) is 112 Å². The fourth-order valence-corrected chi connectivity index (χ4v) is 5.33. The van der Waals surface area contributed by atoms with Crippen molar-refractivity contribution in [2.45, 2.75) is 58.4 Å². The first-order valence-electron chi connectivity index (χ1n) is 12.4. The van der Waals surface area contributed by atoms with Crippen LogP contribution in [-0.2, 0) is 38.4 Å². The monoisotopic (exact) mass is 476 g/mol. The number of methoxy groups -OCH3 is 1. The number of esters is 1. The lowest BCUT2D eigenvalue weighted by atomic mass is 9.76. The van der Waals surface area contributed by atoms with Gasteiger partial charge in [-0.3, -0.25) is 14.3 Å². The maximum absolute atomic E-state index is 12.9. The van der Waals surface area contributed by atoms with E-state index in [1.165, 1.54) is 7.11 Å². The molecule has 2 fully saturated rings. The van der Waals surface area contributed by atoms with E-state index in [9.17, 15) is 14.4 Å². The molecule has 1 spiro atoms. The van der Waals surface area contributed by atoms with Crippen LogP contribution in [0.15, 0.2) is 0 Å². The van der Waals surface area contributed by atoms with E-state index < -0.39 is 6.09 Å². The lowest BCUT2D eigenvalue weighted by Gasteiger charge is -2.36. The molecule has 10 heteroatoms. The van der Waals surface area contributed by atoms with Gasteiger partial charge in [0.25, 0.3) is 5.91 Å². The number of aromatic nitrogens is 2. The Kier molecular flexibility index (Phi) is 7.75. The SMILES string of the molecule is CCc1nn(CCCOC(=O)C2CCCN(C(=O)OC)C2)c2c1C(=O)NCC1(CCOCC1)C2. The third-order valence-electron chi connectivity index (χ3n) is 7.36. The number of rotatable bonds is 6. The van der Waals surface area contributed by atoms with E-state index in [0.29, 0.717) is 64.2 Å². The molecule has 4 rings (SSSR count). The highest BCUT2D eigenvalue weighted by Crippen LogP contribution is 2.37. The lowest BCUT2D eigenvalue weighted by molar-refractivity contribution is -0.150. The van der Waals surface area contributed by atoms with Crippen LogP contribution < -0.4 is 5.32 Å². The Hall–Kier alpha value is -2.62. The third-order valence-corrected chi connectivity index (χ3v) is 7.36. The molecule has 4 heterocycles. The van der Waals surface area contributed by atoms with Gasteiger partial charge in [0.2, 0.25) is 0 Å². The van der Waals surface area contributed by atoms with Gasteiger partial charge in [0.05, 0.1) is 36.6 Å². The number of aryl methyl sites for hydroxylation is 2. The number of piperidine rings is 1. The van der Waals surface area contributed by atoms with Crippen LogP contribution in [0.2, 0.25) is 0 Å². The van der Waals surface area contributed by atoms with Crippen molar-refractivity contribution in [2.75, 3.05) is 46.6 Å². The normalized spacial score (nSPS) is 22.0. The second-order valence-electron chi connectivity index (χ2n) is 9.59. The van der Waals surface area contributed by atoms with Gasteiger partial charge in [-0.05, 0) is 43.9 Å². The quantitative estimate of drug-likeness (QED) is 0.493. The van der Waals surface area contributed by atoms with Gasteiger partial charge in [-0.25, -0.2) is 4.79 Å². The van der Waals surface area contributed by atoms with Gasteiger partial charge >= 0.3 is 12.1 Å². The molecule has 0 aromatic carbocycles. The van der Waals surface area contributed by atoms with E-state index in [2.05, 4.69) is 5.32 Å². The van der Waals surface area contributed by atoms with Crippen LogP contribution in [0.3, 0.4) is 0 Å². The number of nitrogens with one attached hydrogen (secondary N) is 1. The van der Waals surface area contributed by atoms with Crippen LogP contribution in [0, 0.1) is 11.3 Å². The molecule has 34 heavy (non-hydrogen) atoms. The standard InChI is InChI=1S/C24H36N4O6/c1-3-18-20-19(14-24(16-25-21(20)29)7-12-33-13-8-24)28(26-18)10-5-11-34-22(30)17-6-4-9-27(15-17)23(31)32-2/h17H,3-16H2,1-2H3,(H,25,29). The lowest BCUT2D eigenvalue weighted by Crippen LogP contribution is -2.42.